The Morgan fingerprint density at radius 2 is 1.81 bits per heavy atom. The molecule has 0 aliphatic carbocycles. The van der Waals surface area contributed by atoms with Crippen LogP contribution in [-0.4, -0.2) is 32.5 Å². The smallest absolute Gasteiger partial charge is 0.413 e. The fourth-order valence-corrected chi connectivity index (χ4v) is 7.13. The summed E-state index contributed by atoms with van der Waals surface area (Å²) in [5, 5.41) is 2.46. The van der Waals surface area contributed by atoms with Crippen LogP contribution in [0, 0.1) is 0 Å². The van der Waals surface area contributed by atoms with Crippen LogP contribution in [0.25, 0.3) is 10.8 Å². The average molecular weight is 440 g/mol. The van der Waals surface area contributed by atoms with Gasteiger partial charge in [-0.05, 0) is 58.9 Å². The molecular weight excluding hydrogens is 402 g/mol. The molecule has 1 amide bonds. The lowest BCUT2D eigenvalue weighted by Crippen LogP contribution is -2.38. The average Bonchev–Trinajstić information content (AvgIpc) is 3.22. The zero-order chi connectivity index (χ0) is 22.3. The summed E-state index contributed by atoms with van der Waals surface area (Å²) in [5.41, 5.74) is 2.36. The van der Waals surface area contributed by atoms with Crippen LogP contribution in [0.3, 0.4) is 0 Å². The molecule has 5 heteroatoms. The summed E-state index contributed by atoms with van der Waals surface area (Å²) >= 11 is 0. The Balaban J connectivity index is 2.08. The van der Waals surface area contributed by atoms with Crippen molar-refractivity contribution in [1.29, 1.82) is 0 Å². The number of hydrogen-bond donors (Lipinski definition) is 0. The van der Waals surface area contributed by atoms with E-state index >= 15 is 0 Å². The molecule has 1 aliphatic rings. The normalized spacial score (nSPS) is 16.1. The van der Waals surface area contributed by atoms with Crippen molar-refractivity contribution in [2.24, 2.45) is 0 Å². The summed E-state index contributed by atoms with van der Waals surface area (Å²) in [4.78, 5) is 13.9. The minimum absolute atomic E-state index is 0.129. The van der Waals surface area contributed by atoms with E-state index in [-0.39, 0.29) is 12.2 Å². The summed E-state index contributed by atoms with van der Waals surface area (Å²) in [7, 11) is -1.88. The van der Waals surface area contributed by atoms with Crippen molar-refractivity contribution in [3.63, 3.8) is 0 Å². The lowest BCUT2D eigenvalue weighted by molar-refractivity contribution is 0.165. The minimum Gasteiger partial charge on any atom is -0.447 e. The van der Waals surface area contributed by atoms with Gasteiger partial charge in [-0.1, -0.05) is 70.5 Å². The molecule has 0 radical (unpaired) electrons. The number of amides is 1. The van der Waals surface area contributed by atoms with Crippen molar-refractivity contribution in [1.82, 2.24) is 4.90 Å². The van der Waals surface area contributed by atoms with E-state index in [9.17, 15) is 4.79 Å². The first-order valence-electron chi connectivity index (χ1n) is 11.9. The number of ether oxygens (including phenoxy) is 1. The maximum atomic E-state index is 12.2. The van der Waals surface area contributed by atoms with E-state index in [4.69, 9.17) is 9.16 Å². The fraction of sp³-hybridized carbons (Fsp3) is 0.500. The Hall–Kier alpha value is -2.11. The quantitative estimate of drug-likeness (QED) is 0.342. The molecule has 1 saturated heterocycles. The zero-order valence-electron chi connectivity index (χ0n) is 19.5. The summed E-state index contributed by atoms with van der Waals surface area (Å²) in [6, 6.07) is 18.4. The Morgan fingerprint density at radius 1 is 1.10 bits per heavy atom. The molecule has 0 spiro atoms. The number of carbonyl (C=O) groups excluding carboxylic acids is 1. The molecule has 2 aromatic carbocycles. The van der Waals surface area contributed by atoms with Gasteiger partial charge in [0.1, 0.15) is 6.61 Å². The molecule has 3 rings (SSSR count). The number of fused-ring (bicyclic) bond motifs is 1. The van der Waals surface area contributed by atoms with E-state index in [1.54, 1.807) is 4.90 Å². The molecule has 0 aromatic heterocycles. The molecule has 1 aliphatic heterocycles. The number of unbranched alkanes of at least 4 members (excludes halogenated alkanes) is 1. The zero-order valence-corrected chi connectivity index (χ0v) is 20.5. The second kappa shape index (κ2) is 11.0. The first kappa shape index (κ1) is 23.5. The topological polar surface area (TPSA) is 38.8 Å². The van der Waals surface area contributed by atoms with Crippen molar-refractivity contribution in [2.45, 2.75) is 71.2 Å². The van der Waals surface area contributed by atoms with Gasteiger partial charge in [-0.3, -0.25) is 4.90 Å². The number of cyclic esters (lactones) is 1. The van der Waals surface area contributed by atoms with E-state index < -0.39 is 8.32 Å². The van der Waals surface area contributed by atoms with Crippen molar-refractivity contribution >= 4 is 25.2 Å². The van der Waals surface area contributed by atoms with Crippen molar-refractivity contribution in [3.05, 3.63) is 59.8 Å². The molecular formula is C26H37NO3Si. The highest BCUT2D eigenvalue weighted by Gasteiger charge is 2.34. The largest absolute Gasteiger partial charge is 0.447 e. The minimum atomic E-state index is -1.88. The van der Waals surface area contributed by atoms with E-state index in [1.165, 1.54) is 21.9 Å². The summed E-state index contributed by atoms with van der Waals surface area (Å²) in [6.07, 6.45) is 4.72. The number of nitrogens with zero attached hydrogens (tertiary/aromatic N) is 1. The standard InChI is InChI=1S/C26H37NO3Si/c1-5-9-12-24(20-27-17-18-29-26(27)28)25(30-31(6-2,7-3)8-4)23-16-15-21-13-10-11-14-22(21)19-23/h10-11,13-16,19-20,25H,5-9,12,17-18H2,1-4H3/b24-20+. The van der Waals surface area contributed by atoms with Gasteiger partial charge >= 0.3 is 6.09 Å². The highest BCUT2D eigenvalue weighted by atomic mass is 28.4. The van der Waals surface area contributed by atoms with Gasteiger partial charge in [-0.2, -0.15) is 0 Å². The fourth-order valence-electron chi connectivity index (χ4n) is 4.35. The van der Waals surface area contributed by atoms with Gasteiger partial charge in [0.2, 0.25) is 0 Å². The van der Waals surface area contributed by atoms with E-state index in [1.807, 2.05) is 6.20 Å². The van der Waals surface area contributed by atoms with Gasteiger partial charge in [-0.15, -0.1) is 0 Å². The third kappa shape index (κ3) is 5.58. The highest BCUT2D eigenvalue weighted by molar-refractivity contribution is 6.73. The third-order valence-corrected chi connectivity index (χ3v) is 11.2. The molecule has 0 N–H and O–H groups in total. The van der Waals surface area contributed by atoms with Crippen LogP contribution < -0.4 is 0 Å². The van der Waals surface area contributed by atoms with Gasteiger partial charge in [0.15, 0.2) is 8.32 Å². The molecule has 4 nitrogen and oxygen atoms in total. The Kier molecular flexibility index (Phi) is 8.33. The highest BCUT2D eigenvalue weighted by Crippen LogP contribution is 2.37. The van der Waals surface area contributed by atoms with Crippen molar-refractivity contribution < 1.29 is 14.0 Å². The number of carbonyl (C=O) groups is 1. The first-order chi connectivity index (χ1) is 15.1. The lowest BCUT2D eigenvalue weighted by Gasteiger charge is -2.35. The Morgan fingerprint density at radius 3 is 2.42 bits per heavy atom. The number of benzene rings is 2. The molecule has 1 fully saturated rings. The Labute approximate surface area is 188 Å². The summed E-state index contributed by atoms with van der Waals surface area (Å²) in [5.74, 6) is 0. The summed E-state index contributed by atoms with van der Waals surface area (Å²) < 4.78 is 12.3. The van der Waals surface area contributed by atoms with Gasteiger partial charge in [0, 0.05) is 6.20 Å². The van der Waals surface area contributed by atoms with Crippen molar-refractivity contribution in [3.8, 4) is 0 Å². The maximum absolute atomic E-state index is 12.2. The van der Waals surface area contributed by atoms with Crippen LogP contribution in [0.4, 0.5) is 4.79 Å². The third-order valence-electron chi connectivity index (χ3n) is 6.65. The molecule has 1 atom stereocenters. The van der Waals surface area contributed by atoms with Crippen LogP contribution >= 0.6 is 0 Å². The van der Waals surface area contributed by atoms with Gasteiger partial charge in [0.05, 0.1) is 12.6 Å². The predicted molar refractivity (Wildman–Crippen MR) is 131 cm³/mol. The van der Waals surface area contributed by atoms with Gasteiger partial charge in [0.25, 0.3) is 0 Å². The van der Waals surface area contributed by atoms with Crippen LogP contribution in [0.1, 0.15) is 58.6 Å². The van der Waals surface area contributed by atoms with Crippen LogP contribution in [0.2, 0.25) is 18.1 Å². The van der Waals surface area contributed by atoms with Crippen LogP contribution in [-0.2, 0) is 9.16 Å². The second-order valence-corrected chi connectivity index (χ2v) is 13.2. The monoisotopic (exact) mass is 439 g/mol. The van der Waals surface area contributed by atoms with E-state index in [2.05, 4.69) is 70.2 Å². The maximum Gasteiger partial charge on any atom is 0.413 e. The van der Waals surface area contributed by atoms with Gasteiger partial charge < -0.3 is 9.16 Å². The molecule has 2 aromatic rings. The summed E-state index contributed by atoms with van der Waals surface area (Å²) in [6.45, 7) is 10.1. The van der Waals surface area contributed by atoms with Crippen LogP contribution in [0.5, 0.6) is 0 Å². The second-order valence-electron chi connectivity index (χ2n) is 8.46. The molecule has 1 unspecified atom stereocenters. The van der Waals surface area contributed by atoms with Crippen LogP contribution in [0.15, 0.2) is 54.2 Å². The Bertz CT molecular complexity index is 898. The van der Waals surface area contributed by atoms with Gasteiger partial charge in [-0.25, -0.2) is 4.79 Å². The molecule has 168 valence electrons. The van der Waals surface area contributed by atoms with E-state index in [0.29, 0.717) is 13.2 Å². The number of hydrogen-bond acceptors (Lipinski definition) is 3. The molecule has 0 bridgehead atoms. The SMILES string of the molecule is CCCC/C(=C\N1CCOC1=O)C(O[Si](CC)(CC)CC)c1ccc2ccccc2c1. The predicted octanol–water partition coefficient (Wildman–Crippen LogP) is 7.43. The first-order valence-corrected chi connectivity index (χ1v) is 14.4. The molecule has 31 heavy (non-hydrogen) atoms. The lowest BCUT2D eigenvalue weighted by atomic mass is 9.95. The number of rotatable bonds is 11. The molecule has 1 heterocycles. The van der Waals surface area contributed by atoms with Crippen molar-refractivity contribution in [2.75, 3.05) is 13.2 Å². The van der Waals surface area contributed by atoms with E-state index in [0.717, 1.165) is 37.4 Å². The molecule has 0 saturated carbocycles.